The van der Waals surface area contributed by atoms with Crippen molar-refractivity contribution in [2.24, 2.45) is 10.7 Å². The first-order valence-corrected chi connectivity index (χ1v) is 11.8. The standard InChI is InChI=1S/C21H22ClFN4O3S/c1-11-8-12(22)10-25-18(11)20(28)26-13-6-7-15(23)14(9-13)21(2)17-5-3-4-16(19(24)27-21)31(17,29)30/h6-10,16-17H,3-5H2,1-2H3,(H2,24,27)(H,26,28)/t16-,17+,21+/m0/s1. The number of rotatable bonds is 3. The molecule has 0 spiro atoms. The van der Waals surface area contributed by atoms with E-state index in [1.165, 1.54) is 24.4 Å². The molecular weight excluding hydrogens is 443 g/mol. The van der Waals surface area contributed by atoms with Crippen molar-refractivity contribution in [1.82, 2.24) is 4.98 Å². The Morgan fingerprint density at radius 3 is 2.77 bits per heavy atom. The number of amides is 1. The zero-order valence-electron chi connectivity index (χ0n) is 17.0. The summed E-state index contributed by atoms with van der Waals surface area (Å²) in [5.74, 6) is -1.10. The highest BCUT2D eigenvalue weighted by Crippen LogP contribution is 2.45. The number of fused-ring (bicyclic) bond motifs is 2. The van der Waals surface area contributed by atoms with Crippen molar-refractivity contribution in [3.63, 3.8) is 0 Å². The SMILES string of the molecule is Cc1cc(Cl)cnc1C(=O)Nc1ccc(F)c([C@@]2(C)N=C(N)[C@@H]3CCC[C@H]2S3(=O)=O)c1. The number of hydrogen-bond acceptors (Lipinski definition) is 6. The fraction of sp³-hybridized carbons (Fsp3) is 0.381. The van der Waals surface area contributed by atoms with E-state index in [9.17, 15) is 17.6 Å². The third-order valence-corrected chi connectivity index (χ3v) is 9.04. The molecule has 0 radical (unpaired) electrons. The van der Waals surface area contributed by atoms with E-state index in [1.807, 2.05) is 0 Å². The van der Waals surface area contributed by atoms with Crippen LogP contribution >= 0.6 is 11.6 Å². The number of nitrogens with one attached hydrogen (secondary N) is 1. The van der Waals surface area contributed by atoms with Crippen molar-refractivity contribution in [2.75, 3.05) is 5.32 Å². The minimum atomic E-state index is -3.61. The van der Waals surface area contributed by atoms with E-state index >= 15 is 0 Å². The highest BCUT2D eigenvalue weighted by atomic mass is 35.5. The van der Waals surface area contributed by atoms with Gasteiger partial charge in [0.25, 0.3) is 5.91 Å². The van der Waals surface area contributed by atoms with Crippen molar-refractivity contribution in [2.45, 2.75) is 49.1 Å². The molecule has 3 heterocycles. The number of aromatic nitrogens is 1. The number of benzene rings is 1. The molecule has 0 aliphatic carbocycles. The van der Waals surface area contributed by atoms with Crippen LogP contribution in [0.25, 0.3) is 0 Å². The van der Waals surface area contributed by atoms with Gasteiger partial charge in [-0.3, -0.25) is 9.79 Å². The third-order valence-electron chi connectivity index (χ3n) is 6.07. The second-order valence-corrected chi connectivity index (χ2v) is 10.9. The van der Waals surface area contributed by atoms with Crippen LogP contribution in [0.4, 0.5) is 10.1 Å². The summed E-state index contributed by atoms with van der Waals surface area (Å²) in [6.45, 7) is 3.29. The Kier molecular flexibility index (Phi) is 5.29. The average molecular weight is 465 g/mol. The highest BCUT2D eigenvalue weighted by molar-refractivity contribution is 7.93. The zero-order chi connectivity index (χ0) is 22.6. The van der Waals surface area contributed by atoms with Crippen molar-refractivity contribution in [3.8, 4) is 0 Å². The van der Waals surface area contributed by atoms with Gasteiger partial charge in [-0.1, -0.05) is 18.0 Å². The summed E-state index contributed by atoms with van der Waals surface area (Å²) in [5.41, 5.74) is 5.75. The largest absolute Gasteiger partial charge is 0.386 e. The first-order valence-electron chi connectivity index (χ1n) is 9.85. The topological polar surface area (TPSA) is 115 Å². The van der Waals surface area contributed by atoms with E-state index in [0.717, 1.165) is 0 Å². The molecule has 3 N–H and O–H groups in total. The molecule has 1 aromatic carbocycles. The molecule has 4 rings (SSSR count). The molecule has 2 aromatic rings. The van der Waals surface area contributed by atoms with E-state index in [4.69, 9.17) is 17.3 Å². The minimum absolute atomic E-state index is 0.00766. The molecule has 0 unspecified atom stereocenters. The Morgan fingerprint density at radius 1 is 1.32 bits per heavy atom. The summed E-state index contributed by atoms with van der Waals surface area (Å²) in [4.78, 5) is 21.2. The van der Waals surface area contributed by atoms with Crippen LogP contribution in [0, 0.1) is 12.7 Å². The van der Waals surface area contributed by atoms with Crippen molar-refractivity contribution in [3.05, 3.63) is 58.1 Å². The number of carbonyl (C=O) groups excluding carboxylic acids is 1. The molecule has 3 atom stereocenters. The highest BCUT2D eigenvalue weighted by Gasteiger charge is 2.54. The number of aliphatic imine (C=N–C) groups is 1. The summed E-state index contributed by atoms with van der Waals surface area (Å²) in [6.07, 6.45) is 2.83. The van der Waals surface area contributed by atoms with Gasteiger partial charge in [0.2, 0.25) is 0 Å². The van der Waals surface area contributed by atoms with Gasteiger partial charge in [0, 0.05) is 17.4 Å². The van der Waals surface area contributed by atoms with Crippen molar-refractivity contribution < 1.29 is 17.6 Å². The molecule has 31 heavy (non-hydrogen) atoms. The molecule has 0 saturated carbocycles. The van der Waals surface area contributed by atoms with Gasteiger partial charge in [0.1, 0.15) is 28.1 Å². The molecule has 2 aliphatic heterocycles. The van der Waals surface area contributed by atoms with E-state index in [-0.39, 0.29) is 17.1 Å². The summed E-state index contributed by atoms with van der Waals surface area (Å²) in [7, 11) is -3.61. The number of halogens is 2. The Morgan fingerprint density at radius 2 is 2.06 bits per heavy atom. The predicted octanol–water partition coefficient (Wildman–Crippen LogP) is 3.36. The predicted molar refractivity (Wildman–Crippen MR) is 118 cm³/mol. The van der Waals surface area contributed by atoms with Gasteiger partial charge in [-0.25, -0.2) is 17.8 Å². The van der Waals surface area contributed by atoms with Gasteiger partial charge in [-0.05, 0) is 56.5 Å². The maximum Gasteiger partial charge on any atom is 0.274 e. The molecule has 1 aromatic heterocycles. The Balaban J connectivity index is 1.74. The first-order chi connectivity index (χ1) is 14.5. The number of aryl methyl sites for hydroxylation is 1. The lowest BCUT2D eigenvalue weighted by molar-refractivity contribution is 0.102. The number of hydrogen-bond donors (Lipinski definition) is 2. The van der Waals surface area contributed by atoms with Crippen LogP contribution in [0.2, 0.25) is 5.02 Å². The molecule has 1 amide bonds. The van der Waals surface area contributed by atoms with Crippen LogP contribution < -0.4 is 11.1 Å². The maximum atomic E-state index is 14.9. The van der Waals surface area contributed by atoms with Gasteiger partial charge in [0.15, 0.2) is 9.84 Å². The number of nitrogens with zero attached hydrogens (tertiary/aromatic N) is 2. The minimum Gasteiger partial charge on any atom is -0.386 e. The number of anilines is 1. The van der Waals surface area contributed by atoms with E-state index in [0.29, 0.717) is 35.5 Å². The van der Waals surface area contributed by atoms with Crippen LogP contribution in [-0.4, -0.2) is 35.6 Å². The van der Waals surface area contributed by atoms with Crippen molar-refractivity contribution in [1.29, 1.82) is 0 Å². The Labute approximate surface area is 184 Å². The molecule has 7 nitrogen and oxygen atoms in total. The fourth-order valence-electron chi connectivity index (χ4n) is 4.54. The number of pyridine rings is 1. The van der Waals surface area contributed by atoms with Crippen LogP contribution in [0.3, 0.4) is 0 Å². The summed E-state index contributed by atoms with van der Waals surface area (Å²) < 4.78 is 41.0. The third kappa shape index (κ3) is 3.59. The van der Waals surface area contributed by atoms with Crippen LogP contribution in [0.15, 0.2) is 35.5 Å². The van der Waals surface area contributed by atoms with Gasteiger partial charge >= 0.3 is 0 Å². The molecule has 1 saturated heterocycles. The zero-order valence-corrected chi connectivity index (χ0v) is 18.6. The lowest BCUT2D eigenvalue weighted by atomic mass is 9.84. The van der Waals surface area contributed by atoms with E-state index in [2.05, 4.69) is 15.3 Å². The summed E-state index contributed by atoms with van der Waals surface area (Å²) in [5, 5.41) is 1.40. The average Bonchev–Trinajstić information content (AvgIpc) is 2.67. The second kappa shape index (κ2) is 7.56. The smallest absolute Gasteiger partial charge is 0.274 e. The van der Waals surface area contributed by atoms with Crippen LogP contribution in [0.1, 0.15) is 47.8 Å². The monoisotopic (exact) mass is 464 g/mol. The van der Waals surface area contributed by atoms with E-state index < -0.39 is 37.6 Å². The molecular formula is C21H22ClFN4O3S. The van der Waals surface area contributed by atoms with Gasteiger partial charge in [0.05, 0.1) is 10.3 Å². The number of nitrogens with two attached hydrogens (primary N) is 1. The first kappa shape index (κ1) is 21.7. The number of sulfone groups is 1. The summed E-state index contributed by atoms with van der Waals surface area (Å²) >= 11 is 5.89. The Bertz CT molecular complexity index is 1220. The van der Waals surface area contributed by atoms with Gasteiger partial charge < -0.3 is 11.1 Å². The van der Waals surface area contributed by atoms with Crippen LogP contribution in [0.5, 0.6) is 0 Å². The second-order valence-electron chi connectivity index (χ2n) is 8.15. The van der Waals surface area contributed by atoms with E-state index in [1.54, 1.807) is 19.9 Å². The molecule has 10 heteroatoms. The number of carbonyl (C=O) groups is 1. The maximum absolute atomic E-state index is 14.9. The van der Waals surface area contributed by atoms with Crippen LogP contribution in [-0.2, 0) is 15.4 Å². The molecule has 164 valence electrons. The molecule has 2 aliphatic rings. The lowest BCUT2D eigenvalue weighted by Crippen LogP contribution is -2.57. The Hall–Kier alpha value is -2.52. The lowest BCUT2D eigenvalue weighted by Gasteiger charge is -2.44. The fourth-order valence-corrected chi connectivity index (χ4v) is 7.35. The van der Waals surface area contributed by atoms with Crippen molar-refractivity contribution >= 4 is 38.9 Å². The molecule has 1 fully saturated rings. The molecule has 2 bridgehead atoms. The quantitative estimate of drug-likeness (QED) is 0.722. The summed E-state index contributed by atoms with van der Waals surface area (Å²) in [6, 6.07) is 5.62. The van der Waals surface area contributed by atoms with Gasteiger partial charge in [-0.15, -0.1) is 0 Å². The van der Waals surface area contributed by atoms with Gasteiger partial charge in [-0.2, -0.15) is 0 Å². The number of amidine groups is 1. The normalized spacial score (nSPS) is 26.8.